The lowest BCUT2D eigenvalue weighted by Crippen LogP contribution is -2.27. The van der Waals surface area contributed by atoms with E-state index in [9.17, 15) is 0 Å². The molecule has 0 spiro atoms. The van der Waals surface area contributed by atoms with Gasteiger partial charge in [-0.2, -0.15) is 0 Å². The molecule has 0 atom stereocenters. The topological polar surface area (TPSA) is 9.23 Å². The Morgan fingerprint density at radius 1 is 0.464 bits per heavy atom. The maximum atomic E-state index is 7.63. The lowest BCUT2D eigenvalue weighted by molar-refractivity contribution is 0.418. The molecule has 0 saturated heterocycles. The van der Waals surface area contributed by atoms with Crippen molar-refractivity contribution in [3.05, 3.63) is 128 Å². The number of rotatable bonds is 6. The van der Waals surface area contributed by atoms with Crippen molar-refractivity contribution in [3.8, 4) is 72.8 Å². The van der Waals surface area contributed by atoms with Gasteiger partial charge in [-0.05, 0) is 107 Å². The summed E-state index contributed by atoms with van der Waals surface area (Å²) in [5, 5.41) is 4.36. The summed E-state index contributed by atoms with van der Waals surface area (Å²) < 4.78 is 7.63. The second-order valence-electron chi connectivity index (χ2n) is 17.5. The summed E-state index contributed by atoms with van der Waals surface area (Å²) in [4.78, 5) is 13.1. The Morgan fingerprint density at radius 2 is 0.893 bits per heavy atom. The van der Waals surface area contributed by atoms with Crippen molar-refractivity contribution in [1.29, 1.82) is 0 Å². The van der Waals surface area contributed by atoms with Crippen LogP contribution in [0.4, 0.5) is 0 Å². The summed E-state index contributed by atoms with van der Waals surface area (Å²) >= 11 is 11.2. The van der Waals surface area contributed by atoms with Gasteiger partial charge in [0.05, 0.1) is 9.75 Å². The average molecular weight is 843 g/mol. The van der Waals surface area contributed by atoms with Gasteiger partial charge in [0.2, 0.25) is 0 Å². The third-order valence-corrected chi connectivity index (χ3v) is 17.7. The molecule has 8 aromatic rings. The van der Waals surface area contributed by atoms with Gasteiger partial charge in [0.15, 0.2) is 0 Å². The van der Waals surface area contributed by atoms with Crippen LogP contribution in [0.2, 0.25) is 0 Å². The molecule has 0 radical (unpaired) electrons. The van der Waals surface area contributed by atoms with Gasteiger partial charge in [-0.15, -0.1) is 68.0 Å². The van der Waals surface area contributed by atoms with Crippen LogP contribution in [-0.4, -0.2) is 0 Å². The number of thiophene rings is 6. The van der Waals surface area contributed by atoms with E-state index in [1.165, 1.54) is 93.3 Å². The fraction of sp³-hybridized carbons (Fsp3) is 0.265. The SMILES string of the molecule is Cc1ccc(-c2sc(-c3cccs3)cc2-c2cc(C(C)(C)C)cc3c2Oc2c(-c4cc(-c5cccs5)sc4-c4ccc(C)s4)cc(C(C)(C)C)cc2C3(C)C)s1. The molecule has 7 heteroatoms. The van der Waals surface area contributed by atoms with Gasteiger partial charge in [0, 0.05) is 77.8 Å². The quantitative estimate of drug-likeness (QED) is 0.162. The highest BCUT2D eigenvalue weighted by Gasteiger charge is 2.40. The number of benzene rings is 2. The number of aryl methyl sites for hydroxylation is 2. The van der Waals surface area contributed by atoms with Gasteiger partial charge >= 0.3 is 0 Å². The van der Waals surface area contributed by atoms with Gasteiger partial charge in [0.25, 0.3) is 0 Å². The predicted octanol–water partition coefficient (Wildman–Crippen LogP) is 17.7. The minimum atomic E-state index is -0.340. The highest BCUT2D eigenvalue weighted by Crippen LogP contribution is 2.59. The van der Waals surface area contributed by atoms with E-state index in [-0.39, 0.29) is 16.2 Å². The number of ether oxygens (including phenoxy) is 1. The summed E-state index contributed by atoms with van der Waals surface area (Å²) in [5.41, 5.74) is 9.54. The number of hydrogen-bond donors (Lipinski definition) is 0. The van der Waals surface area contributed by atoms with Crippen LogP contribution in [0.25, 0.3) is 61.3 Å². The molecule has 284 valence electrons. The second-order valence-corrected chi connectivity index (χ2v) is 24.1. The molecule has 0 amide bonds. The first-order valence-corrected chi connectivity index (χ1v) is 24.1. The Labute approximate surface area is 356 Å². The molecule has 1 nitrogen and oxygen atoms in total. The zero-order chi connectivity index (χ0) is 39.3. The largest absolute Gasteiger partial charge is 0.455 e. The van der Waals surface area contributed by atoms with E-state index in [1.54, 1.807) is 0 Å². The van der Waals surface area contributed by atoms with E-state index in [4.69, 9.17) is 4.74 Å². The predicted molar refractivity (Wildman–Crippen MR) is 252 cm³/mol. The van der Waals surface area contributed by atoms with E-state index in [0.717, 1.165) is 11.5 Å². The Balaban J connectivity index is 1.34. The second kappa shape index (κ2) is 13.8. The minimum Gasteiger partial charge on any atom is -0.455 e. The lowest BCUT2D eigenvalue weighted by atomic mass is 9.70. The molecule has 0 N–H and O–H groups in total. The van der Waals surface area contributed by atoms with Crippen LogP contribution >= 0.6 is 68.0 Å². The molecule has 56 heavy (non-hydrogen) atoms. The Morgan fingerprint density at radius 3 is 1.23 bits per heavy atom. The van der Waals surface area contributed by atoms with Gasteiger partial charge in [-0.3, -0.25) is 0 Å². The zero-order valence-corrected chi connectivity index (χ0v) is 38.5. The van der Waals surface area contributed by atoms with Crippen molar-refractivity contribution in [1.82, 2.24) is 0 Å². The Kier molecular flexibility index (Phi) is 9.35. The van der Waals surface area contributed by atoms with Gasteiger partial charge in [0.1, 0.15) is 11.5 Å². The van der Waals surface area contributed by atoms with Crippen LogP contribution in [0.5, 0.6) is 11.5 Å². The molecule has 1 aliphatic rings. The van der Waals surface area contributed by atoms with E-state index in [0.29, 0.717) is 0 Å². The number of fused-ring (bicyclic) bond motifs is 2. The first-order chi connectivity index (χ1) is 26.6. The monoisotopic (exact) mass is 842 g/mol. The van der Waals surface area contributed by atoms with Gasteiger partial charge in [-0.25, -0.2) is 0 Å². The zero-order valence-electron chi connectivity index (χ0n) is 33.6. The summed E-state index contributed by atoms with van der Waals surface area (Å²) in [6.07, 6.45) is 0. The van der Waals surface area contributed by atoms with E-state index in [2.05, 4.69) is 165 Å². The lowest BCUT2D eigenvalue weighted by Gasteiger charge is -2.39. The number of hydrogen-bond acceptors (Lipinski definition) is 7. The molecule has 9 rings (SSSR count). The van der Waals surface area contributed by atoms with Crippen LogP contribution in [0.1, 0.15) is 87.4 Å². The van der Waals surface area contributed by atoms with Crippen molar-refractivity contribution < 1.29 is 4.74 Å². The van der Waals surface area contributed by atoms with Crippen molar-refractivity contribution in [2.45, 2.75) is 85.5 Å². The summed E-state index contributed by atoms with van der Waals surface area (Å²) in [6.45, 7) is 23.3. The van der Waals surface area contributed by atoms with Crippen molar-refractivity contribution in [2.75, 3.05) is 0 Å². The molecule has 6 aromatic heterocycles. The molecule has 0 saturated carbocycles. The Hall–Kier alpha value is -3.56. The highest BCUT2D eigenvalue weighted by molar-refractivity contribution is 7.27. The molecule has 7 heterocycles. The molecular formula is C49H46OS6. The summed E-state index contributed by atoms with van der Waals surface area (Å²) in [5.74, 6) is 1.96. The maximum absolute atomic E-state index is 7.63. The molecule has 0 unspecified atom stereocenters. The van der Waals surface area contributed by atoms with Crippen LogP contribution < -0.4 is 4.74 Å². The molecule has 0 aliphatic carbocycles. The molecule has 0 bridgehead atoms. The third-order valence-electron chi connectivity index (χ3n) is 11.0. The molecule has 1 aliphatic heterocycles. The van der Waals surface area contributed by atoms with Crippen LogP contribution in [0, 0.1) is 13.8 Å². The van der Waals surface area contributed by atoms with E-state index in [1.807, 2.05) is 68.0 Å². The van der Waals surface area contributed by atoms with Crippen molar-refractivity contribution >= 4 is 68.0 Å². The molecule has 0 fully saturated rings. The first-order valence-electron chi connectivity index (χ1n) is 19.1. The third kappa shape index (κ3) is 6.62. The standard InChI is InChI=1S/C49H46OS6/c1-27-15-17-39(53-27)45-33(25-41(55-45)37-13-11-19-51-37)31-21-29(47(3,4)5)23-35-43(31)50-44-32(22-30(48(6,7)8)24-36(44)49(35,9)10)34-26-42(38-14-12-20-52-38)56-46(34)40-18-16-28(2)54-40/h11-26H,1-10H3. The smallest absolute Gasteiger partial charge is 0.139 e. The fourth-order valence-electron chi connectivity index (χ4n) is 7.66. The average Bonchev–Trinajstić information content (AvgIpc) is 3.98. The summed E-state index contributed by atoms with van der Waals surface area (Å²) in [6, 6.07) is 32.6. The Bertz CT molecular complexity index is 2540. The van der Waals surface area contributed by atoms with Crippen molar-refractivity contribution in [2.24, 2.45) is 0 Å². The van der Waals surface area contributed by atoms with E-state index >= 15 is 0 Å². The van der Waals surface area contributed by atoms with Gasteiger partial charge in [-0.1, -0.05) is 79.7 Å². The fourth-order valence-corrected chi connectivity index (χ4v) is 13.6. The highest BCUT2D eigenvalue weighted by atomic mass is 32.1. The van der Waals surface area contributed by atoms with Crippen LogP contribution in [-0.2, 0) is 16.2 Å². The molecular weight excluding hydrogens is 797 g/mol. The maximum Gasteiger partial charge on any atom is 0.139 e. The minimum absolute atomic E-state index is 0.0621. The van der Waals surface area contributed by atoms with E-state index < -0.39 is 0 Å². The summed E-state index contributed by atoms with van der Waals surface area (Å²) in [7, 11) is 0. The van der Waals surface area contributed by atoms with Crippen LogP contribution in [0.15, 0.2) is 95.7 Å². The molecule has 2 aromatic carbocycles. The van der Waals surface area contributed by atoms with Crippen LogP contribution in [0.3, 0.4) is 0 Å². The van der Waals surface area contributed by atoms with Crippen molar-refractivity contribution in [3.63, 3.8) is 0 Å². The van der Waals surface area contributed by atoms with Gasteiger partial charge < -0.3 is 4.74 Å². The first kappa shape index (κ1) is 38.0. The normalized spacial score (nSPS) is 13.8.